The zero-order valence-electron chi connectivity index (χ0n) is 7.23. The zero-order chi connectivity index (χ0) is 10.4. The van der Waals surface area contributed by atoms with E-state index in [0.717, 1.165) is 0 Å². The number of nitrogens with one attached hydrogen (secondary N) is 1. The average molecular weight is 223 g/mol. The number of carboxylic acid groups (broad SMARTS) is 1. The maximum Gasteiger partial charge on any atom is 0.326 e. The molecule has 76 valence electrons. The van der Waals surface area contributed by atoms with Gasteiger partial charge in [-0.2, -0.15) is 25.3 Å². The Morgan fingerprint density at radius 3 is 2.38 bits per heavy atom. The van der Waals surface area contributed by atoms with Crippen LogP contribution in [0.25, 0.3) is 0 Å². The molecule has 4 nitrogen and oxygen atoms in total. The molecule has 6 heteroatoms. The van der Waals surface area contributed by atoms with E-state index >= 15 is 0 Å². The van der Waals surface area contributed by atoms with E-state index in [-0.39, 0.29) is 5.91 Å². The molecule has 0 saturated carbocycles. The highest BCUT2D eigenvalue weighted by molar-refractivity contribution is 7.81. The van der Waals surface area contributed by atoms with Gasteiger partial charge in [0.1, 0.15) is 6.04 Å². The molecule has 0 aromatic heterocycles. The maximum atomic E-state index is 11.1. The van der Waals surface area contributed by atoms with E-state index in [4.69, 9.17) is 5.11 Å². The zero-order valence-corrected chi connectivity index (χ0v) is 9.02. The van der Waals surface area contributed by atoms with Crippen molar-refractivity contribution in [3.63, 3.8) is 0 Å². The SMILES string of the molecule is CC(S)C(=O)NC(CCS)C(=O)O. The first-order valence-electron chi connectivity index (χ1n) is 3.81. The first-order valence-corrected chi connectivity index (χ1v) is 4.96. The largest absolute Gasteiger partial charge is 0.480 e. The summed E-state index contributed by atoms with van der Waals surface area (Å²) in [5.74, 6) is -1.01. The van der Waals surface area contributed by atoms with Crippen LogP contribution >= 0.6 is 25.3 Å². The third-order valence-corrected chi connectivity index (χ3v) is 1.90. The fraction of sp³-hybridized carbons (Fsp3) is 0.714. The number of carboxylic acids is 1. The summed E-state index contributed by atoms with van der Waals surface area (Å²) in [6.07, 6.45) is 0.310. The Hall–Kier alpha value is -0.360. The van der Waals surface area contributed by atoms with E-state index in [1.54, 1.807) is 6.92 Å². The van der Waals surface area contributed by atoms with Crippen LogP contribution in [0.2, 0.25) is 0 Å². The van der Waals surface area contributed by atoms with Gasteiger partial charge >= 0.3 is 5.97 Å². The van der Waals surface area contributed by atoms with Gasteiger partial charge in [-0.1, -0.05) is 0 Å². The van der Waals surface area contributed by atoms with Crippen molar-refractivity contribution in [2.24, 2.45) is 0 Å². The summed E-state index contributed by atoms with van der Waals surface area (Å²) in [5.41, 5.74) is 0. The molecule has 0 radical (unpaired) electrons. The number of carbonyl (C=O) groups is 2. The lowest BCUT2D eigenvalue weighted by Gasteiger charge is -2.14. The van der Waals surface area contributed by atoms with Crippen molar-refractivity contribution >= 4 is 37.1 Å². The van der Waals surface area contributed by atoms with E-state index in [1.807, 2.05) is 0 Å². The van der Waals surface area contributed by atoms with Crippen molar-refractivity contribution in [1.82, 2.24) is 5.32 Å². The van der Waals surface area contributed by atoms with E-state index in [9.17, 15) is 9.59 Å². The van der Waals surface area contributed by atoms with Crippen LogP contribution in [0.4, 0.5) is 0 Å². The molecule has 0 spiro atoms. The molecule has 2 unspecified atom stereocenters. The van der Waals surface area contributed by atoms with Crippen LogP contribution in [0, 0.1) is 0 Å². The summed E-state index contributed by atoms with van der Waals surface area (Å²) in [6.45, 7) is 1.58. The molecule has 0 aliphatic rings. The Morgan fingerprint density at radius 2 is 2.08 bits per heavy atom. The molecular weight excluding hydrogens is 210 g/mol. The number of amides is 1. The van der Waals surface area contributed by atoms with Crippen LogP contribution in [-0.4, -0.2) is 34.0 Å². The topological polar surface area (TPSA) is 66.4 Å². The second kappa shape index (κ2) is 6.15. The van der Waals surface area contributed by atoms with Gasteiger partial charge in [0.2, 0.25) is 5.91 Å². The van der Waals surface area contributed by atoms with Gasteiger partial charge in [0.25, 0.3) is 0 Å². The maximum absolute atomic E-state index is 11.1. The molecule has 0 aromatic rings. The summed E-state index contributed by atoms with van der Waals surface area (Å²) in [6, 6.07) is -0.861. The third kappa shape index (κ3) is 5.05. The molecule has 0 aliphatic heterocycles. The molecule has 0 saturated heterocycles. The highest BCUT2D eigenvalue weighted by Crippen LogP contribution is 1.98. The van der Waals surface area contributed by atoms with Crippen molar-refractivity contribution in [3.8, 4) is 0 Å². The second-order valence-electron chi connectivity index (χ2n) is 2.59. The molecular formula is C7H13NO3S2. The van der Waals surface area contributed by atoms with Crippen LogP contribution in [0.3, 0.4) is 0 Å². The van der Waals surface area contributed by atoms with E-state index in [1.165, 1.54) is 0 Å². The van der Waals surface area contributed by atoms with Gasteiger partial charge in [-0.25, -0.2) is 4.79 Å². The molecule has 1 amide bonds. The number of hydrogen-bond acceptors (Lipinski definition) is 4. The van der Waals surface area contributed by atoms with Gasteiger partial charge < -0.3 is 10.4 Å². The Kier molecular flexibility index (Phi) is 5.98. The smallest absolute Gasteiger partial charge is 0.326 e. The molecule has 0 bridgehead atoms. The van der Waals surface area contributed by atoms with Gasteiger partial charge in [0.15, 0.2) is 0 Å². The molecule has 13 heavy (non-hydrogen) atoms. The lowest BCUT2D eigenvalue weighted by molar-refractivity contribution is -0.141. The van der Waals surface area contributed by atoms with Crippen molar-refractivity contribution in [2.45, 2.75) is 24.6 Å². The molecule has 0 fully saturated rings. The summed E-state index contributed by atoms with van der Waals surface area (Å²) >= 11 is 7.78. The van der Waals surface area contributed by atoms with Gasteiger partial charge in [0.05, 0.1) is 5.25 Å². The predicted octanol–water partition coefficient (Wildman–Crippen LogP) is 0.194. The van der Waals surface area contributed by atoms with Crippen LogP contribution in [0.15, 0.2) is 0 Å². The van der Waals surface area contributed by atoms with Crippen molar-refractivity contribution in [2.75, 3.05) is 5.75 Å². The third-order valence-electron chi connectivity index (χ3n) is 1.41. The predicted molar refractivity (Wildman–Crippen MR) is 56.5 cm³/mol. The van der Waals surface area contributed by atoms with Crippen LogP contribution in [0.1, 0.15) is 13.3 Å². The van der Waals surface area contributed by atoms with Gasteiger partial charge in [0, 0.05) is 0 Å². The van der Waals surface area contributed by atoms with Crippen LogP contribution in [-0.2, 0) is 9.59 Å². The van der Waals surface area contributed by atoms with E-state index in [2.05, 4.69) is 30.6 Å². The highest BCUT2D eigenvalue weighted by atomic mass is 32.1. The minimum Gasteiger partial charge on any atom is -0.480 e. The Bertz CT molecular complexity index is 196. The lowest BCUT2D eigenvalue weighted by atomic mass is 10.2. The molecule has 0 aromatic carbocycles. The minimum absolute atomic E-state index is 0.310. The average Bonchev–Trinajstić information content (AvgIpc) is 2.03. The summed E-state index contributed by atoms with van der Waals surface area (Å²) in [4.78, 5) is 21.6. The number of hydrogen-bond donors (Lipinski definition) is 4. The van der Waals surface area contributed by atoms with Crippen molar-refractivity contribution in [1.29, 1.82) is 0 Å². The quantitative estimate of drug-likeness (QED) is 0.503. The first-order chi connectivity index (χ1) is 5.99. The summed E-state index contributed by atoms with van der Waals surface area (Å²) in [5, 5.41) is 10.5. The Labute approximate surface area is 87.9 Å². The van der Waals surface area contributed by atoms with Crippen molar-refractivity contribution in [3.05, 3.63) is 0 Å². The molecule has 2 N–H and O–H groups in total. The fourth-order valence-electron chi connectivity index (χ4n) is 0.679. The Morgan fingerprint density at radius 1 is 1.54 bits per heavy atom. The van der Waals surface area contributed by atoms with Crippen molar-refractivity contribution < 1.29 is 14.7 Å². The molecule has 0 heterocycles. The number of thiol groups is 2. The second-order valence-corrected chi connectivity index (χ2v) is 3.81. The fourth-order valence-corrected chi connectivity index (χ4v) is 1.01. The Balaban J connectivity index is 4.10. The number of carbonyl (C=O) groups excluding carboxylic acids is 1. The van der Waals surface area contributed by atoms with Gasteiger partial charge in [-0.3, -0.25) is 4.79 Å². The number of aliphatic carboxylic acids is 1. The highest BCUT2D eigenvalue weighted by Gasteiger charge is 2.20. The monoisotopic (exact) mass is 223 g/mol. The molecule has 2 atom stereocenters. The van der Waals surface area contributed by atoms with Crippen LogP contribution in [0.5, 0.6) is 0 Å². The summed E-state index contributed by atoms with van der Waals surface area (Å²) in [7, 11) is 0. The normalized spacial score (nSPS) is 14.7. The lowest BCUT2D eigenvalue weighted by Crippen LogP contribution is -2.43. The molecule has 0 rings (SSSR count). The number of rotatable bonds is 5. The first kappa shape index (κ1) is 12.6. The van der Waals surface area contributed by atoms with Gasteiger partial charge in [-0.15, -0.1) is 0 Å². The molecule has 0 aliphatic carbocycles. The van der Waals surface area contributed by atoms with E-state index in [0.29, 0.717) is 12.2 Å². The van der Waals surface area contributed by atoms with Crippen LogP contribution < -0.4 is 5.32 Å². The minimum atomic E-state index is -1.05. The van der Waals surface area contributed by atoms with E-state index < -0.39 is 17.3 Å². The van der Waals surface area contributed by atoms with Gasteiger partial charge in [-0.05, 0) is 19.1 Å². The summed E-state index contributed by atoms with van der Waals surface area (Å²) < 4.78 is 0. The standard InChI is InChI=1S/C7H13NO3S2/c1-4(13)6(9)8-5(2-3-12)7(10)11/h4-5,12-13H,2-3H2,1H3,(H,8,9)(H,10,11).